The van der Waals surface area contributed by atoms with Crippen molar-refractivity contribution in [1.82, 2.24) is 4.90 Å². The zero-order valence-corrected chi connectivity index (χ0v) is 8.65. The standard InChI is InChI=1S/C9H19N3O2/c1-2-14-7-8-3-4-12(5-8)6-9(10)11-13/h8,13H,2-7H2,1H3,(H2,10,11)/t8-/m0/s1. The summed E-state index contributed by atoms with van der Waals surface area (Å²) in [5, 5.41) is 11.4. The molecule has 3 N–H and O–H groups in total. The van der Waals surface area contributed by atoms with Crippen molar-refractivity contribution in [2.45, 2.75) is 13.3 Å². The molecule has 1 rings (SSSR count). The lowest BCUT2D eigenvalue weighted by atomic mass is 10.1. The van der Waals surface area contributed by atoms with Crippen LogP contribution in [-0.4, -0.2) is 48.8 Å². The molecule has 5 heteroatoms. The monoisotopic (exact) mass is 201 g/mol. The maximum Gasteiger partial charge on any atom is 0.153 e. The number of oxime groups is 1. The summed E-state index contributed by atoms with van der Waals surface area (Å²) in [4.78, 5) is 2.18. The Morgan fingerprint density at radius 3 is 3.14 bits per heavy atom. The Hall–Kier alpha value is -0.810. The SMILES string of the molecule is CCOC[C@H]1CCN(CC(N)=NO)C1. The third-order valence-electron chi connectivity index (χ3n) is 2.44. The molecule has 0 aromatic carbocycles. The molecule has 82 valence electrons. The van der Waals surface area contributed by atoms with E-state index in [4.69, 9.17) is 15.7 Å². The number of likely N-dealkylation sites (tertiary alicyclic amines) is 1. The summed E-state index contributed by atoms with van der Waals surface area (Å²) in [5.41, 5.74) is 5.43. The molecule has 0 saturated carbocycles. The summed E-state index contributed by atoms with van der Waals surface area (Å²) in [6, 6.07) is 0. The molecule has 1 fully saturated rings. The molecule has 0 unspecified atom stereocenters. The van der Waals surface area contributed by atoms with Crippen molar-refractivity contribution >= 4 is 5.84 Å². The molecule has 14 heavy (non-hydrogen) atoms. The lowest BCUT2D eigenvalue weighted by molar-refractivity contribution is 0.113. The van der Waals surface area contributed by atoms with Gasteiger partial charge in [-0.25, -0.2) is 0 Å². The summed E-state index contributed by atoms with van der Waals surface area (Å²) in [7, 11) is 0. The second kappa shape index (κ2) is 5.82. The van der Waals surface area contributed by atoms with Crippen LogP contribution in [0.2, 0.25) is 0 Å². The number of nitrogens with zero attached hydrogens (tertiary/aromatic N) is 2. The molecule has 1 heterocycles. The lowest BCUT2D eigenvalue weighted by Crippen LogP contribution is -2.32. The van der Waals surface area contributed by atoms with E-state index >= 15 is 0 Å². The van der Waals surface area contributed by atoms with Crippen LogP contribution in [0.15, 0.2) is 5.16 Å². The number of hydrogen-bond acceptors (Lipinski definition) is 4. The second-order valence-corrected chi connectivity index (χ2v) is 3.64. The van der Waals surface area contributed by atoms with E-state index in [2.05, 4.69) is 10.1 Å². The highest BCUT2D eigenvalue weighted by Crippen LogP contribution is 2.15. The normalized spacial score (nSPS) is 24.4. The predicted molar refractivity (Wildman–Crippen MR) is 54.4 cm³/mol. The van der Waals surface area contributed by atoms with Crippen LogP contribution < -0.4 is 5.73 Å². The predicted octanol–water partition coefficient (Wildman–Crippen LogP) is 0.0912. The van der Waals surface area contributed by atoms with Gasteiger partial charge in [-0.05, 0) is 25.8 Å². The minimum atomic E-state index is 0.280. The molecule has 0 aromatic rings. The average Bonchev–Trinajstić information content (AvgIpc) is 2.62. The van der Waals surface area contributed by atoms with E-state index in [-0.39, 0.29) is 5.84 Å². The quantitative estimate of drug-likeness (QED) is 0.286. The molecule has 0 bridgehead atoms. The Labute approximate surface area is 84.5 Å². The van der Waals surface area contributed by atoms with Gasteiger partial charge in [0.15, 0.2) is 5.84 Å². The first-order chi connectivity index (χ1) is 6.76. The lowest BCUT2D eigenvalue weighted by Gasteiger charge is -2.14. The number of hydrogen-bond donors (Lipinski definition) is 2. The van der Waals surface area contributed by atoms with Crippen LogP contribution in [0.1, 0.15) is 13.3 Å². The zero-order valence-electron chi connectivity index (χ0n) is 8.65. The van der Waals surface area contributed by atoms with Gasteiger partial charge in [-0.1, -0.05) is 5.16 Å². The maximum absolute atomic E-state index is 8.41. The van der Waals surface area contributed by atoms with E-state index in [1.165, 1.54) is 0 Å². The van der Waals surface area contributed by atoms with Crippen molar-refractivity contribution in [1.29, 1.82) is 0 Å². The van der Waals surface area contributed by atoms with Crippen LogP contribution in [0, 0.1) is 5.92 Å². The third kappa shape index (κ3) is 3.51. The van der Waals surface area contributed by atoms with Crippen molar-refractivity contribution in [2.24, 2.45) is 16.8 Å². The fourth-order valence-corrected chi connectivity index (χ4v) is 1.74. The summed E-state index contributed by atoms with van der Waals surface area (Å²) >= 11 is 0. The van der Waals surface area contributed by atoms with Crippen molar-refractivity contribution in [3.63, 3.8) is 0 Å². The summed E-state index contributed by atoms with van der Waals surface area (Å²) in [6.45, 7) is 6.15. The van der Waals surface area contributed by atoms with Crippen LogP contribution in [0.25, 0.3) is 0 Å². The summed E-state index contributed by atoms with van der Waals surface area (Å²) < 4.78 is 5.36. The van der Waals surface area contributed by atoms with Gasteiger partial charge in [0.2, 0.25) is 0 Å². The Kier molecular flexibility index (Phi) is 4.69. The van der Waals surface area contributed by atoms with E-state index in [0.717, 1.165) is 32.7 Å². The van der Waals surface area contributed by atoms with Gasteiger partial charge in [0.1, 0.15) is 0 Å². The van der Waals surface area contributed by atoms with Crippen LogP contribution in [0.4, 0.5) is 0 Å². The molecule has 0 radical (unpaired) electrons. The third-order valence-corrected chi connectivity index (χ3v) is 2.44. The van der Waals surface area contributed by atoms with Crippen molar-refractivity contribution in [2.75, 3.05) is 32.8 Å². The van der Waals surface area contributed by atoms with Crippen LogP contribution in [0.5, 0.6) is 0 Å². The Bertz CT molecular complexity index is 196. The molecule has 0 amide bonds. The molecular weight excluding hydrogens is 182 g/mol. The van der Waals surface area contributed by atoms with Gasteiger partial charge < -0.3 is 15.7 Å². The van der Waals surface area contributed by atoms with Gasteiger partial charge >= 0.3 is 0 Å². The average molecular weight is 201 g/mol. The van der Waals surface area contributed by atoms with Gasteiger partial charge in [-0.2, -0.15) is 0 Å². The number of amidine groups is 1. The number of rotatable bonds is 5. The van der Waals surface area contributed by atoms with Gasteiger partial charge in [0.25, 0.3) is 0 Å². The van der Waals surface area contributed by atoms with Crippen molar-refractivity contribution < 1.29 is 9.94 Å². The first-order valence-corrected chi connectivity index (χ1v) is 5.02. The topological polar surface area (TPSA) is 71.1 Å². The van der Waals surface area contributed by atoms with Gasteiger partial charge in [0.05, 0.1) is 13.2 Å². The van der Waals surface area contributed by atoms with Crippen LogP contribution in [0.3, 0.4) is 0 Å². The molecule has 5 nitrogen and oxygen atoms in total. The maximum atomic E-state index is 8.41. The highest BCUT2D eigenvalue weighted by atomic mass is 16.5. The van der Waals surface area contributed by atoms with Gasteiger partial charge in [0, 0.05) is 13.2 Å². The number of nitrogens with two attached hydrogens (primary N) is 1. The Morgan fingerprint density at radius 1 is 1.71 bits per heavy atom. The van der Waals surface area contributed by atoms with E-state index in [0.29, 0.717) is 12.5 Å². The fraction of sp³-hybridized carbons (Fsp3) is 0.889. The smallest absolute Gasteiger partial charge is 0.153 e. The molecule has 0 aromatic heterocycles. The second-order valence-electron chi connectivity index (χ2n) is 3.64. The molecule has 0 aliphatic carbocycles. The van der Waals surface area contributed by atoms with Crippen molar-refractivity contribution in [3.8, 4) is 0 Å². The number of ether oxygens (including phenoxy) is 1. The highest BCUT2D eigenvalue weighted by molar-refractivity contribution is 5.81. The molecule has 1 atom stereocenters. The molecule has 1 aliphatic heterocycles. The molecule has 1 aliphatic rings. The first-order valence-electron chi connectivity index (χ1n) is 5.02. The minimum absolute atomic E-state index is 0.280. The zero-order chi connectivity index (χ0) is 10.4. The molecular formula is C9H19N3O2. The Morgan fingerprint density at radius 2 is 2.50 bits per heavy atom. The van der Waals surface area contributed by atoms with Crippen LogP contribution >= 0.6 is 0 Å². The van der Waals surface area contributed by atoms with E-state index < -0.39 is 0 Å². The largest absolute Gasteiger partial charge is 0.409 e. The summed E-state index contributed by atoms with van der Waals surface area (Å²) in [5.74, 6) is 0.878. The van der Waals surface area contributed by atoms with Crippen molar-refractivity contribution in [3.05, 3.63) is 0 Å². The highest BCUT2D eigenvalue weighted by Gasteiger charge is 2.22. The minimum Gasteiger partial charge on any atom is -0.409 e. The summed E-state index contributed by atoms with van der Waals surface area (Å²) in [6.07, 6.45) is 1.14. The van der Waals surface area contributed by atoms with E-state index in [1.807, 2.05) is 6.92 Å². The van der Waals surface area contributed by atoms with E-state index in [1.54, 1.807) is 0 Å². The van der Waals surface area contributed by atoms with Crippen LogP contribution in [-0.2, 0) is 4.74 Å². The Balaban J connectivity index is 2.20. The van der Waals surface area contributed by atoms with E-state index in [9.17, 15) is 0 Å². The van der Waals surface area contributed by atoms with Gasteiger partial charge in [-0.3, -0.25) is 4.90 Å². The molecule has 1 saturated heterocycles. The van der Waals surface area contributed by atoms with Gasteiger partial charge in [-0.15, -0.1) is 0 Å². The first kappa shape index (κ1) is 11.3. The fourth-order valence-electron chi connectivity index (χ4n) is 1.74. The molecule has 0 spiro atoms.